The predicted molar refractivity (Wildman–Crippen MR) is 288 cm³/mol. The lowest BCUT2D eigenvalue weighted by molar-refractivity contribution is -0.144. The van der Waals surface area contributed by atoms with Crippen molar-refractivity contribution in [1.29, 1.82) is 0 Å². The van der Waals surface area contributed by atoms with Gasteiger partial charge in [-0.15, -0.1) is 0 Å². The number of carboxylic acid groups (broad SMARTS) is 4. The number of fused-ring (bicyclic) bond motifs is 1. The molecule has 3 rings (SSSR count). The zero-order valence-electron chi connectivity index (χ0n) is 43.2. The quantitative estimate of drug-likeness (QED) is 0.0113. The lowest BCUT2D eigenvalue weighted by atomic mass is 10.0. The van der Waals surface area contributed by atoms with Gasteiger partial charge in [0.25, 0.3) is 0 Å². The third-order valence-electron chi connectivity index (χ3n) is 11.8. The molecule has 0 unspecified atom stereocenters. The fraction of sp³-hybridized carbons (Fsp3) is 0.449. The monoisotopic (exact) mass is 1140 g/mol. The number of guanidine groups is 1. The Morgan fingerprint density at radius 2 is 1.04 bits per heavy atom. The van der Waals surface area contributed by atoms with Crippen LogP contribution in [0.4, 0.5) is 0 Å². The van der Waals surface area contributed by atoms with Crippen molar-refractivity contribution in [2.24, 2.45) is 27.9 Å². The van der Waals surface area contributed by atoms with Crippen molar-refractivity contribution in [2.75, 3.05) is 25.4 Å². The lowest BCUT2D eigenvalue weighted by Gasteiger charge is -2.27. The van der Waals surface area contributed by atoms with Crippen molar-refractivity contribution in [1.82, 2.24) is 47.5 Å². The molecule has 0 aliphatic rings. The number of carbonyl (C=O) groups is 12. The Hall–Kier alpha value is -8.84. The maximum Gasteiger partial charge on any atom is 0.327 e. The first-order valence-corrected chi connectivity index (χ1v) is 25.5. The maximum atomic E-state index is 14.4. The molecule has 0 saturated carbocycles. The second-order valence-electron chi connectivity index (χ2n) is 18.1. The first-order chi connectivity index (χ1) is 37.9. The summed E-state index contributed by atoms with van der Waals surface area (Å²) in [6, 6.07) is 2.34. The highest BCUT2D eigenvalue weighted by Gasteiger charge is 2.35. The van der Waals surface area contributed by atoms with Crippen molar-refractivity contribution in [3.8, 4) is 0 Å². The van der Waals surface area contributed by atoms with Gasteiger partial charge in [-0.1, -0.05) is 48.5 Å². The molecule has 1 aromatic heterocycles. The molecule has 31 heteroatoms. The van der Waals surface area contributed by atoms with Crippen molar-refractivity contribution < 1.29 is 78.0 Å². The smallest absolute Gasteiger partial charge is 0.327 e. The van der Waals surface area contributed by atoms with Gasteiger partial charge < -0.3 is 90.9 Å². The van der Waals surface area contributed by atoms with E-state index in [2.05, 4.69) is 54.5 Å². The lowest BCUT2D eigenvalue weighted by Crippen LogP contribution is -2.60. The van der Waals surface area contributed by atoms with Gasteiger partial charge in [0.2, 0.25) is 47.3 Å². The minimum absolute atomic E-state index is 0.0315. The highest BCUT2D eigenvalue weighted by molar-refractivity contribution is 7.80. The summed E-state index contributed by atoms with van der Waals surface area (Å²) in [5, 5.41) is 57.2. The SMILES string of the molecule is NCCCC[C@H](NC(=O)[C@H](CCCN=C(N)N)NC(=O)[C@H](CC(=O)O)NC(=O)[C@H](CC(=O)O)NC(=O)[C@@H](N)CC(=O)O)C(=O)N[C@@H](Cc1c[nH]c2ccccc12)C(=O)NCC(=O)N[C@@H](Cc1ccccc1)C(=O)N[C@@H](CS)C(=O)O. The summed E-state index contributed by atoms with van der Waals surface area (Å²) in [5.41, 5.74) is 24.0. The van der Waals surface area contributed by atoms with Gasteiger partial charge in [0, 0.05) is 42.2 Å². The van der Waals surface area contributed by atoms with Gasteiger partial charge in [0.05, 0.1) is 31.8 Å². The van der Waals surface area contributed by atoms with E-state index in [1.165, 1.54) is 0 Å². The number of nitrogens with two attached hydrogens (primary N) is 4. The minimum atomic E-state index is -2.06. The summed E-state index contributed by atoms with van der Waals surface area (Å²) in [6.07, 6.45) is -1.77. The molecule has 3 aromatic rings. The molecule has 0 aliphatic heterocycles. The summed E-state index contributed by atoms with van der Waals surface area (Å²) < 4.78 is 0. The summed E-state index contributed by atoms with van der Waals surface area (Å²) in [6.45, 7) is -0.696. The molecule has 21 N–H and O–H groups in total. The van der Waals surface area contributed by atoms with Gasteiger partial charge in [-0.2, -0.15) is 12.6 Å². The van der Waals surface area contributed by atoms with E-state index in [-0.39, 0.29) is 63.3 Å². The topological polar surface area (TPSA) is 514 Å². The Kier molecular flexibility index (Phi) is 27.4. The number of carbonyl (C=O) groups excluding carboxylic acids is 8. The number of thiol groups is 1. The van der Waals surface area contributed by atoms with Gasteiger partial charge in [-0.3, -0.25) is 57.7 Å². The maximum absolute atomic E-state index is 14.4. The Bertz CT molecular complexity index is 2710. The van der Waals surface area contributed by atoms with Gasteiger partial charge in [-0.05, 0) is 55.8 Å². The molecule has 0 fully saturated rings. The number of rotatable bonds is 36. The first kappa shape index (κ1) is 65.4. The normalized spacial score (nSPS) is 13.9. The van der Waals surface area contributed by atoms with Crippen LogP contribution in [-0.2, 0) is 70.4 Å². The molecule has 0 aliphatic carbocycles. The average Bonchev–Trinajstić information content (AvgIpc) is 3.86. The van der Waals surface area contributed by atoms with Crippen molar-refractivity contribution in [3.63, 3.8) is 0 Å². The average molecular weight is 1140 g/mol. The molecule has 0 radical (unpaired) electrons. The molecule has 8 atom stereocenters. The number of benzene rings is 2. The number of aromatic amines is 1. The first-order valence-electron chi connectivity index (χ1n) is 24.9. The van der Waals surface area contributed by atoms with E-state index in [0.717, 1.165) is 0 Å². The molecule has 30 nitrogen and oxygen atoms in total. The number of aliphatic imine (C=N–C) groups is 1. The molecule has 1 heterocycles. The standard InChI is InChI=1S/C49H68N14O16S/c50-15-7-6-13-30(58-43(73)31(14-8-16-54-49(52)53)59-46(76)35(21-40(69)70)62-47(77)34(20-39(67)68)60-41(71)28(51)19-38(65)66)44(74)61-33(18-26-22-55-29-12-5-4-11-27(26)29)42(72)56-23-37(64)57-32(17-25-9-2-1-3-10-25)45(75)63-36(24-80)48(78)79/h1-5,9-12,22,28,30-36,55,80H,6-8,13-21,23-24,50-51H2,(H,56,72)(H,57,64)(H,58,73)(H,59,76)(H,60,71)(H,61,74)(H,62,77)(H,63,75)(H,65,66)(H,67,68)(H,69,70)(H,78,79)(H4,52,53,54)/t28-,30-,31-,32-,33-,34-,35-,36-/m0/s1. The van der Waals surface area contributed by atoms with Crippen LogP contribution in [0.5, 0.6) is 0 Å². The summed E-state index contributed by atoms with van der Waals surface area (Å²) in [7, 11) is 0. The highest BCUT2D eigenvalue weighted by atomic mass is 32.1. The third-order valence-corrected chi connectivity index (χ3v) is 12.2. The van der Waals surface area contributed by atoms with E-state index in [0.29, 0.717) is 28.5 Å². The molecule has 0 saturated heterocycles. The number of hydrogen-bond acceptors (Lipinski definition) is 16. The zero-order chi connectivity index (χ0) is 59.5. The number of nitrogens with zero attached hydrogens (tertiary/aromatic N) is 1. The molecular weight excluding hydrogens is 1070 g/mol. The predicted octanol–water partition coefficient (Wildman–Crippen LogP) is -4.59. The van der Waals surface area contributed by atoms with Crippen LogP contribution in [-0.4, -0.2) is 176 Å². The molecule has 0 bridgehead atoms. The summed E-state index contributed by atoms with van der Waals surface area (Å²) >= 11 is 3.99. The van der Waals surface area contributed by atoms with Crippen molar-refractivity contribution >= 4 is 101 Å². The summed E-state index contributed by atoms with van der Waals surface area (Å²) in [4.78, 5) is 163. The molecule has 0 spiro atoms. The Morgan fingerprint density at radius 3 is 1.59 bits per heavy atom. The zero-order valence-corrected chi connectivity index (χ0v) is 44.1. The van der Waals surface area contributed by atoms with E-state index in [1.54, 1.807) is 60.8 Å². The number of para-hydroxylation sites is 1. The Morgan fingerprint density at radius 1 is 0.550 bits per heavy atom. The number of unbranched alkanes of at least 4 members (excludes halogenated alkanes) is 1. The minimum Gasteiger partial charge on any atom is -0.481 e. The number of H-pyrrole nitrogens is 1. The second kappa shape index (κ2) is 33.5. The van der Waals surface area contributed by atoms with Crippen LogP contribution < -0.4 is 65.5 Å². The molecule has 8 amide bonds. The largest absolute Gasteiger partial charge is 0.481 e. The van der Waals surface area contributed by atoms with E-state index in [9.17, 15) is 72.9 Å². The number of aliphatic carboxylic acids is 4. The van der Waals surface area contributed by atoms with Gasteiger partial charge >= 0.3 is 23.9 Å². The fourth-order valence-electron chi connectivity index (χ4n) is 7.73. The third kappa shape index (κ3) is 23.0. The van der Waals surface area contributed by atoms with Crippen molar-refractivity contribution in [3.05, 3.63) is 71.9 Å². The Balaban J connectivity index is 1.95. The van der Waals surface area contributed by atoms with Gasteiger partial charge in [0.15, 0.2) is 5.96 Å². The van der Waals surface area contributed by atoms with Crippen LogP contribution in [0.1, 0.15) is 62.5 Å². The molecule has 80 heavy (non-hydrogen) atoms. The van der Waals surface area contributed by atoms with Crippen LogP contribution in [0.2, 0.25) is 0 Å². The highest BCUT2D eigenvalue weighted by Crippen LogP contribution is 2.20. The Labute approximate surface area is 462 Å². The number of hydrogen-bond donors (Lipinski definition) is 18. The molecule has 436 valence electrons. The molecule has 2 aromatic carbocycles. The van der Waals surface area contributed by atoms with Crippen LogP contribution >= 0.6 is 12.6 Å². The van der Waals surface area contributed by atoms with Crippen LogP contribution in [0.3, 0.4) is 0 Å². The van der Waals surface area contributed by atoms with Gasteiger partial charge in [0.1, 0.15) is 42.3 Å². The van der Waals surface area contributed by atoms with Gasteiger partial charge in [-0.25, -0.2) is 4.79 Å². The van der Waals surface area contributed by atoms with Crippen molar-refractivity contribution in [2.45, 2.75) is 113 Å². The fourth-order valence-corrected chi connectivity index (χ4v) is 7.98. The number of nitrogens with one attached hydrogen (secondary N) is 9. The van der Waals surface area contributed by atoms with E-state index >= 15 is 0 Å². The second-order valence-corrected chi connectivity index (χ2v) is 18.5. The van der Waals surface area contributed by atoms with E-state index in [1.807, 2.05) is 10.6 Å². The van der Waals surface area contributed by atoms with E-state index in [4.69, 9.17) is 28.0 Å². The summed E-state index contributed by atoms with van der Waals surface area (Å²) in [5.74, 6) is -15.4. The number of carboxylic acids is 4. The van der Waals surface area contributed by atoms with E-state index < -0.39 is 145 Å². The number of aromatic nitrogens is 1. The molecular formula is C49H68N14O16S. The van der Waals surface area contributed by atoms with Crippen LogP contribution in [0.25, 0.3) is 10.9 Å². The van der Waals surface area contributed by atoms with Crippen LogP contribution in [0.15, 0.2) is 65.8 Å². The number of amides is 8. The van der Waals surface area contributed by atoms with Crippen LogP contribution in [0, 0.1) is 0 Å².